The van der Waals surface area contributed by atoms with E-state index in [1.54, 1.807) is 17.5 Å². The minimum atomic E-state index is -0.291. The number of nitrogens with zero attached hydrogens (tertiary/aromatic N) is 5. The van der Waals surface area contributed by atoms with Gasteiger partial charge in [0.1, 0.15) is 5.02 Å². The molecule has 0 bridgehead atoms. The number of thiazole rings is 1. The van der Waals surface area contributed by atoms with Gasteiger partial charge in [0.15, 0.2) is 0 Å². The fourth-order valence-electron chi connectivity index (χ4n) is 3.25. The van der Waals surface area contributed by atoms with Gasteiger partial charge in [-0.2, -0.15) is 9.78 Å². The smallest absolute Gasteiger partial charge is 0.292 e. The maximum atomic E-state index is 12.7. The molecule has 140 valence electrons. The molecule has 2 aromatic heterocycles. The number of hydrogen-bond acceptors (Lipinski definition) is 6. The highest BCUT2D eigenvalue weighted by molar-refractivity contribution is 7.09. The van der Waals surface area contributed by atoms with E-state index in [0.29, 0.717) is 11.4 Å². The minimum absolute atomic E-state index is 0.220. The van der Waals surface area contributed by atoms with Gasteiger partial charge in [-0.1, -0.05) is 29.8 Å². The van der Waals surface area contributed by atoms with Crippen LogP contribution >= 0.6 is 22.9 Å². The Morgan fingerprint density at radius 2 is 1.89 bits per heavy atom. The summed E-state index contributed by atoms with van der Waals surface area (Å²) in [5.41, 5.74) is 2.24. The first-order valence-electron chi connectivity index (χ1n) is 8.83. The van der Waals surface area contributed by atoms with E-state index in [9.17, 15) is 4.79 Å². The van der Waals surface area contributed by atoms with E-state index in [0.717, 1.165) is 43.4 Å². The highest BCUT2D eigenvalue weighted by Crippen LogP contribution is 2.23. The average molecular weight is 402 g/mol. The Hall–Kier alpha value is -2.22. The molecular formula is C19H20ClN5OS. The predicted octanol–water partition coefficient (Wildman–Crippen LogP) is 2.97. The summed E-state index contributed by atoms with van der Waals surface area (Å²) in [6, 6.07) is 9.31. The van der Waals surface area contributed by atoms with Crippen molar-refractivity contribution in [1.29, 1.82) is 0 Å². The van der Waals surface area contributed by atoms with Crippen molar-refractivity contribution in [2.45, 2.75) is 13.5 Å². The Balaban J connectivity index is 1.47. The summed E-state index contributed by atoms with van der Waals surface area (Å²) >= 11 is 8.10. The van der Waals surface area contributed by atoms with Gasteiger partial charge in [0.25, 0.3) is 5.56 Å². The number of aromatic nitrogens is 3. The van der Waals surface area contributed by atoms with Gasteiger partial charge < -0.3 is 4.90 Å². The summed E-state index contributed by atoms with van der Waals surface area (Å²) in [5, 5.41) is 7.76. The van der Waals surface area contributed by atoms with E-state index in [4.69, 9.17) is 11.6 Å². The van der Waals surface area contributed by atoms with Gasteiger partial charge in [-0.25, -0.2) is 4.98 Å². The topological polar surface area (TPSA) is 54.3 Å². The summed E-state index contributed by atoms with van der Waals surface area (Å²) in [6.45, 7) is 6.29. The van der Waals surface area contributed by atoms with E-state index in [2.05, 4.69) is 25.3 Å². The monoisotopic (exact) mass is 401 g/mol. The molecule has 1 aliphatic rings. The maximum Gasteiger partial charge on any atom is 0.292 e. The molecule has 0 saturated carbocycles. The van der Waals surface area contributed by atoms with E-state index >= 15 is 0 Å². The number of halogens is 1. The van der Waals surface area contributed by atoms with Crippen LogP contribution in [-0.4, -0.2) is 45.8 Å². The Morgan fingerprint density at radius 1 is 1.15 bits per heavy atom. The van der Waals surface area contributed by atoms with Crippen LogP contribution in [0.1, 0.15) is 10.7 Å². The van der Waals surface area contributed by atoms with Crippen molar-refractivity contribution in [1.82, 2.24) is 19.7 Å². The van der Waals surface area contributed by atoms with Gasteiger partial charge in [0.2, 0.25) is 0 Å². The number of aryl methyl sites for hydroxylation is 1. The second-order valence-corrected chi connectivity index (χ2v) is 7.96. The lowest BCUT2D eigenvalue weighted by Gasteiger charge is -2.35. The molecule has 6 nitrogen and oxygen atoms in total. The van der Waals surface area contributed by atoms with E-state index in [1.165, 1.54) is 4.68 Å². The molecule has 1 fully saturated rings. The van der Waals surface area contributed by atoms with E-state index < -0.39 is 0 Å². The molecule has 8 heteroatoms. The molecule has 27 heavy (non-hydrogen) atoms. The van der Waals surface area contributed by atoms with Gasteiger partial charge in [-0.05, 0) is 19.1 Å². The molecule has 0 amide bonds. The van der Waals surface area contributed by atoms with Crippen LogP contribution in [0.2, 0.25) is 5.02 Å². The largest absolute Gasteiger partial charge is 0.366 e. The van der Waals surface area contributed by atoms with Crippen LogP contribution in [0, 0.1) is 6.92 Å². The molecule has 0 radical (unpaired) electrons. The summed E-state index contributed by atoms with van der Waals surface area (Å²) in [4.78, 5) is 21.7. The third kappa shape index (κ3) is 3.90. The van der Waals surface area contributed by atoms with Crippen LogP contribution in [0.15, 0.2) is 46.7 Å². The van der Waals surface area contributed by atoms with Crippen LogP contribution in [0.5, 0.6) is 0 Å². The molecule has 0 unspecified atom stereocenters. The number of para-hydroxylation sites is 1. The predicted molar refractivity (Wildman–Crippen MR) is 109 cm³/mol. The molecule has 0 N–H and O–H groups in total. The lowest BCUT2D eigenvalue weighted by atomic mass is 10.2. The number of rotatable bonds is 4. The van der Waals surface area contributed by atoms with Crippen LogP contribution in [0.25, 0.3) is 5.69 Å². The van der Waals surface area contributed by atoms with Gasteiger partial charge in [0.05, 0.1) is 28.3 Å². The standard InChI is InChI=1S/C19H20ClN5OS/c1-14-22-15(13-27-14)12-23-7-9-24(10-8-23)17-11-21-25(19(26)18(17)20)16-5-3-2-4-6-16/h2-6,11,13H,7-10,12H2,1H3. The quantitative estimate of drug-likeness (QED) is 0.672. The van der Waals surface area contributed by atoms with E-state index in [1.807, 2.05) is 37.3 Å². The Bertz CT molecular complexity index is 979. The Kier molecular flexibility index (Phi) is 5.24. The first-order valence-corrected chi connectivity index (χ1v) is 10.1. The number of anilines is 1. The summed E-state index contributed by atoms with van der Waals surface area (Å²) in [7, 11) is 0. The van der Waals surface area contributed by atoms with Crippen LogP contribution in [0.4, 0.5) is 5.69 Å². The maximum absolute atomic E-state index is 12.7. The zero-order chi connectivity index (χ0) is 18.8. The van der Waals surface area contributed by atoms with Crippen LogP contribution in [0.3, 0.4) is 0 Å². The molecule has 1 aliphatic heterocycles. The second kappa shape index (κ2) is 7.80. The lowest BCUT2D eigenvalue weighted by Crippen LogP contribution is -2.46. The molecule has 3 heterocycles. The fraction of sp³-hybridized carbons (Fsp3) is 0.316. The molecule has 4 rings (SSSR count). The van der Waals surface area contributed by atoms with Crippen LogP contribution in [-0.2, 0) is 6.54 Å². The average Bonchev–Trinajstić information content (AvgIpc) is 3.10. The Labute approximate surface area is 166 Å². The molecule has 3 aromatic rings. The van der Waals surface area contributed by atoms with Crippen molar-refractivity contribution < 1.29 is 0 Å². The zero-order valence-corrected chi connectivity index (χ0v) is 16.6. The normalized spacial score (nSPS) is 15.3. The van der Waals surface area contributed by atoms with Gasteiger partial charge in [-0.3, -0.25) is 9.69 Å². The van der Waals surface area contributed by atoms with Crippen LogP contribution < -0.4 is 10.5 Å². The van der Waals surface area contributed by atoms with Gasteiger partial charge in [0, 0.05) is 38.1 Å². The SMILES string of the molecule is Cc1nc(CN2CCN(c3cnn(-c4ccccc4)c(=O)c3Cl)CC2)cs1. The summed E-state index contributed by atoms with van der Waals surface area (Å²) in [6.07, 6.45) is 1.69. The molecule has 0 aliphatic carbocycles. The fourth-order valence-corrected chi connectivity index (χ4v) is 4.11. The first-order chi connectivity index (χ1) is 13.1. The van der Waals surface area contributed by atoms with Gasteiger partial charge in [-0.15, -0.1) is 11.3 Å². The third-order valence-electron chi connectivity index (χ3n) is 4.67. The number of benzene rings is 1. The number of hydrogen-bond donors (Lipinski definition) is 0. The number of piperazine rings is 1. The molecule has 1 aromatic carbocycles. The first kappa shape index (κ1) is 18.2. The zero-order valence-electron chi connectivity index (χ0n) is 15.0. The molecule has 1 saturated heterocycles. The molecular weight excluding hydrogens is 382 g/mol. The highest BCUT2D eigenvalue weighted by Gasteiger charge is 2.22. The second-order valence-electron chi connectivity index (χ2n) is 6.52. The summed E-state index contributed by atoms with van der Waals surface area (Å²) in [5.74, 6) is 0. The summed E-state index contributed by atoms with van der Waals surface area (Å²) < 4.78 is 1.34. The highest BCUT2D eigenvalue weighted by atomic mass is 35.5. The molecule has 0 atom stereocenters. The van der Waals surface area contributed by atoms with Crippen molar-refractivity contribution in [2.75, 3.05) is 31.1 Å². The minimum Gasteiger partial charge on any atom is -0.366 e. The third-order valence-corrected chi connectivity index (χ3v) is 5.84. The van der Waals surface area contributed by atoms with Crippen molar-refractivity contribution in [2.24, 2.45) is 0 Å². The van der Waals surface area contributed by atoms with Crippen molar-refractivity contribution in [3.8, 4) is 5.69 Å². The van der Waals surface area contributed by atoms with Crippen molar-refractivity contribution in [3.05, 3.63) is 68.0 Å². The Morgan fingerprint density at radius 3 is 2.56 bits per heavy atom. The molecule has 0 spiro atoms. The van der Waals surface area contributed by atoms with E-state index in [-0.39, 0.29) is 10.6 Å². The van der Waals surface area contributed by atoms with Gasteiger partial charge >= 0.3 is 0 Å². The van der Waals surface area contributed by atoms with Crippen molar-refractivity contribution in [3.63, 3.8) is 0 Å². The lowest BCUT2D eigenvalue weighted by molar-refractivity contribution is 0.247. The van der Waals surface area contributed by atoms with Crippen molar-refractivity contribution >= 4 is 28.6 Å².